The fraction of sp³-hybridized carbons (Fsp3) is 0.393. The fourth-order valence-corrected chi connectivity index (χ4v) is 5.87. The summed E-state index contributed by atoms with van der Waals surface area (Å²) in [7, 11) is 1.46. The molecule has 0 spiro atoms. The molecule has 41 heavy (non-hydrogen) atoms. The summed E-state index contributed by atoms with van der Waals surface area (Å²) in [6, 6.07) is 4.07. The number of benzene rings is 1. The molecule has 218 valence electrons. The predicted octanol–water partition coefficient (Wildman–Crippen LogP) is 3.47. The van der Waals surface area contributed by atoms with Gasteiger partial charge in [0.05, 0.1) is 37.5 Å². The highest BCUT2D eigenvalue weighted by Crippen LogP contribution is 2.34. The molecule has 4 aromatic rings. The van der Waals surface area contributed by atoms with Crippen molar-refractivity contribution in [3.63, 3.8) is 0 Å². The lowest BCUT2D eigenvalue weighted by Gasteiger charge is -2.28. The first-order valence-electron chi connectivity index (χ1n) is 13.0. The number of carbonyl (C=O) groups is 1. The van der Waals surface area contributed by atoms with Gasteiger partial charge in [0.25, 0.3) is 5.56 Å². The van der Waals surface area contributed by atoms with Gasteiger partial charge in [-0.2, -0.15) is 10.2 Å². The van der Waals surface area contributed by atoms with Crippen molar-refractivity contribution >= 4 is 27.5 Å². The van der Waals surface area contributed by atoms with Crippen LogP contribution in [0.15, 0.2) is 52.8 Å². The molecule has 0 fully saturated rings. The number of fused-ring (bicyclic) bond motifs is 1. The number of hydrogen-bond donors (Lipinski definition) is 1. The van der Waals surface area contributed by atoms with Crippen molar-refractivity contribution in [2.45, 2.75) is 58.9 Å². The monoisotopic (exact) mass is 584 g/mol. The van der Waals surface area contributed by atoms with Gasteiger partial charge in [-0.25, -0.2) is 13.8 Å². The van der Waals surface area contributed by atoms with E-state index in [9.17, 15) is 18.8 Å². The molecule has 1 N–H and O–H groups in total. The Balaban J connectivity index is 2.04. The summed E-state index contributed by atoms with van der Waals surface area (Å²) in [4.78, 5) is 43.2. The van der Waals surface area contributed by atoms with Crippen molar-refractivity contribution in [1.82, 2.24) is 29.4 Å². The third kappa shape index (κ3) is 5.59. The number of hydrogen-bond acceptors (Lipinski definition) is 8. The number of thiophene rings is 1. The van der Waals surface area contributed by atoms with Crippen molar-refractivity contribution in [2.24, 2.45) is 0 Å². The van der Waals surface area contributed by atoms with Crippen LogP contribution in [0, 0.1) is 12.7 Å². The standard InChI is InChI=1S/C28H33FN6O5S/c1-8-11-30-26(37)28(5,6)34-23(36)22-17(4)24(35-31-12-13-32-35)41-25(22)33(27(34)38)15-21(40-16(2)3)19-14-18(29)9-10-20(19)39-7/h8-10,12-14,16,21H,1,11,15H2,2-7H3,(H,30,37)/t21-/m0/s1. The van der Waals surface area contributed by atoms with Crippen molar-refractivity contribution < 1.29 is 18.7 Å². The van der Waals surface area contributed by atoms with Crippen molar-refractivity contribution in [2.75, 3.05) is 13.7 Å². The van der Waals surface area contributed by atoms with Gasteiger partial charge in [-0.3, -0.25) is 14.2 Å². The number of halogens is 1. The average molecular weight is 585 g/mol. The molecule has 13 heteroatoms. The van der Waals surface area contributed by atoms with Gasteiger partial charge in [0.1, 0.15) is 33.0 Å². The van der Waals surface area contributed by atoms with E-state index in [2.05, 4.69) is 22.1 Å². The summed E-state index contributed by atoms with van der Waals surface area (Å²) >= 11 is 1.16. The topological polar surface area (TPSA) is 122 Å². The number of nitrogens with one attached hydrogen (secondary N) is 1. The smallest absolute Gasteiger partial charge is 0.333 e. The summed E-state index contributed by atoms with van der Waals surface area (Å²) in [5.74, 6) is -0.659. The second kappa shape index (κ2) is 11.8. The lowest BCUT2D eigenvalue weighted by atomic mass is 10.0. The van der Waals surface area contributed by atoms with E-state index < -0.39 is 34.6 Å². The number of amides is 1. The molecule has 0 aliphatic carbocycles. The summed E-state index contributed by atoms with van der Waals surface area (Å²) in [5, 5.41) is 11.9. The molecule has 0 aliphatic rings. The zero-order chi connectivity index (χ0) is 30.1. The summed E-state index contributed by atoms with van der Waals surface area (Å²) in [5.41, 5.74) is -1.99. The number of ether oxygens (including phenoxy) is 2. The molecule has 11 nitrogen and oxygen atoms in total. The minimum Gasteiger partial charge on any atom is -0.496 e. The molecule has 0 unspecified atom stereocenters. The fourth-order valence-electron chi connectivity index (χ4n) is 4.65. The van der Waals surface area contributed by atoms with Gasteiger partial charge >= 0.3 is 5.69 Å². The first-order valence-corrected chi connectivity index (χ1v) is 13.8. The Morgan fingerprint density at radius 3 is 2.54 bits per heavy atom. The van der Waals surface area contributed by atoms with Gasteiger partial charge in [-0.05, 0) is 52.8 Å². The average Bonchev–Trinajstić information content (AvgIpc) is 3.56. The number of methoxy groups -OCH3 is 1. The van der Waals surface area contributed by atoms with Crippen LogP contribution in [-0.2, 0) is 21.6 Å². The van der Waals surface area contributed by atoms with Crippen LogP contribution in [0.25, 0.3) is 15.2 Å². The Labute approximate surface area is 239 Å². The highest BCUT2D eigenvalue weighted by Gasteiger charge is 2.36. The molecule has 3 aromatic heterocycles. The summed E-state index contributed by atoms with van der Waals surface area (Å²) in [6.07, 6.45) is 3.36. The first kappa shape index (κ1) is 29.9. The van der Waals surface area contributed by atoms with E-state index in [0.717, 1.165) is 15.9 Å². The minimum absolute atomic E-state index is 0.107. The Kier molecular flexibility index (Phi) is 8.59. The molecule has 0 bridgehead atoms. The van der Waals surface area contributed by atoms with Crippen molar-refractivity contribution in [1.29, 1.82) is 0 Å². The van der Waals surface area contributed by atoms with Gasteiger partial charge < -0.3 is 14.8 Å². The molecule has 4 rings (SSSR count). The first-order chi connectivity index (χ1) is 19.4. The molecular formula is C28H33FN6O5S. The van der Waals surface area contributed by atoms with E-state index in [1.54, 1.807) is 6.92 Å². The third-order valence-corrected chi connectivity index (χ3v) is 7.91. The van der Waals surface area contributed by atoms with E-state index >= 15 is 0 Å². The maximum absolute atomic E-state index is 14.4. The van der Waals surface area contributed by atoms with Crippen LogP contribution in [0.5, 0.6) is 5.75 Å². The maximum atomic E-state index is 14.4. The SMILES string of the molecule is C=CCNC(=O)C(C)(C)n1c(=O)c2c(C)c(-n3nccn3)sc2n(C[C@H](OC(C)C)c2cc(F)ccc2OC)c1=O. The van der Waals surface area contributed by atoms with Crippen LogP contribution >= 0.6 is 11.3 Å². The maximum Gasteiger partial charge on any atom is 0.333 e. The number of aromatic nitrogens is 5. The molecule has 1 amide bonds. The van der Waals surface area contributed by atoms with Crippen LogP contribution in [0.1, 0.15) is 44.9 Å². The molecule has 0 saturated carbocycles. The third-order valence-electron chi connectivity index (χ3n) is 6.63. The van der Waals surface area contributed by atoms with Crippen LogP contribution in [0.4, 0.5) is 4.39 Å². The minimum atomic E-state index is -1.57. The van der Waals surface area contributed by atoms with E-state index in [1.807, 2.05) is 13.8 Å². The number of carbonyl (C=O) groups excluding carboxylic acids is 1. The highest BCUT2D eigenvalue weighted by molar-refractivity contribution is 7.21. The summed E-state index contributed by atoms with van der Waals surface area (Å²) in [6.45, 7) is 12.0. The van der Waals surface area contributed by atoms with Gasteiger partial charge in [0, 0.05) is 17.7 Å². The number of rotatable bonds is 11. The van der Waals surface area contributed by atoms with E-state index in [1.165, 1.54) is 67.0 Å². The number of nitrogens with zero attached hydrogens (tertiary/aromatic N) is 5. The quantitative estimate of drug-likeness (QED) is 0.268. The second-order valence-electron chi connectivity index (χ2n) is 10.2. The van der Waals surface area contributed by atoms with Crippen LogP contribution < -0.4 is 21.3 Å². The van der Waals surface area contributed by atoms with Crippen LogP contribution in [0.3, 0.4) is 0 Å². The Hall–Kier alpha value is -4.10. The summed E-state index contributed by atoms with van der Waals surface area (Å²) < 4.78 is 28.5. The molecule has 1 aromatic carbocycles. The predicted molar refractivity (Wildman–Crippen MR) is 154 cm³/mol. The van der Waals surface area contributed by atoms with Gasteiger partial charge in [-0.1, -0.05) is 17.4 Å². The van der Waals surface area contributed by atoms with Gasteiger partial charge in [-0.15, -0.1) is 11.4 Å². The highest BCUT2D eigenvalue weighted by atomic mass is 32.1. The largest absolute Gasteiger partial charge is 0.496 e. The zero-order valence-corrected chi connectivity index (χ0v) is 24.6. The van der Waals surface area contributed by atoms with Crippen molar-refractivity contribution in [3.05, 3.63) is 81.0 Å². The second-order valence-corrected chi connectivity index (χ2v) is 11.2. The molecule has 0 aliphatic heterocycles. The molecule has 0 saturated heterocycles. The van der Waals surface area contributed by atoms with E-state index in [4.69, 9.17) is 9.47 Å². The Morgan fingerprint density at radius 1 is 1.24 bits per heavy atom. The molecular weight excluding hydrogens is 551 g/mol. The zero-order valence-electron chi connectivity index (χ0n) is 23.8. The normalized spacial score (nSPS) is 12.6. The Morgan fingerprint density at radius 2 is 1.93 bits per heavy atom. The van der Waals surface area contributed by atoms with E-state index in [-0.39, 0.29) is 24.6 Å². The molecule has 1 atom stereocenters. The lowest BCUT2D eigenvalue weighted by Crippen LogP contribution is -2.56. The molecule has 0 radical (unpaired) electrons. The number of aryl methyl sites for hydroxylation is 1. The van der Waals surface area contributed by atoms with Crippen molar-refractivity contribution in [3.8, 4) is 10.8 Å². The van der Waals surface area contributed by atoms with Gasteiger partial charge in [0.2, 0.25) is 5.91 Å². The van der Waals surface area contributed by atoms with Crippen LogP contribution in [0.2, 0.25) is 0 Å². The lowest BCUT2D eigenvalue weighted by molar-refractivity contribution is -0.128. The molecule has 3 heterocycles. The Bertz CT molecular complexity index is 1700. The van der Waals surface area contributed by atoms with E-state index in [0.29, 0.717) is 26.7 Å². The van der Waals surface area contributed by atoms with Gasteiger partial charge in [0.15, 0.2) is 0 Å². The van der Waals surface area contributed by atoms with Crippen LogP contribution in [-0.4, -0.2) is 49.8 Å².